The van der Waals surface area contributed by atoms with Crippen molar-refractivity contribution >= 4 is 23.8 Å². The summed E-state index contributed by atoms with van der Waals surface area (Å²) >= 11 is 0. The van der Waals surface area contributed by atoms with Crippen LogP contribution < -0.4 is 0 Å². The summed E-state index contributed by atoms with van der Waals surface area (Å²) in [5, 5.41) is 11.8. The van der Waals surface area contributed by atoms with Crippen LogP contribution in [0, 0.1) is 11.8 Å². The third-order valence-electron chi connectivity index (χ3n) is 5.61. The molecule has 2 heterocycles. The number of ether oxygens (including phenoxy) is 3. The standard InChI is InChI=1S/C20H23NO8/c1-5-28-16(23)13-14(17(24)29-6-2)20(26)12-10-8-7-9-11(12)15(22)21(20)19(13,3)18(25)27-4/h7-10,13-14,26H,5-6H2,1-4H3/t13-,14+,19+,20-/m1/s1. The quantitative estimate of drug-likeness (QED) is 0.558. The minimum atomic E-state index is -2.28. The van der Waals surface area contributed by atoms with Gasteiger partial charge in [0.1, 0.15) is 11.8 Å². The molecule has 29 heavy (non-hydrogen) atoms. The minimum Gasteiger partial charge on any atom is -0.467 e. The maximum absolute atomic E-state index is 13.2. The predicted molar refractivity (Wildman–Crippen MR) is 97.2 cm³/mol. The fourth-order valence-corrected chi connectivity index (χ4v) is 4.51. The van der Waals surface area contributed by atoms with Gasteiger partial charge < -0.3 is 19.3 Å². The Balaban J connectivity index is 2.34. The average Bonchev–Trinajstić information content (AvgIpc) is 3.06. The molecule has 3 rings (SSSR count). The molecule has 156 valence electrons. The summed E-state index contributed by atoms with van der Waals surface area (Å²) in [6.45, 7) is 4.38. The number of fused-ring (bicyclic) bond motifs is 3. The SMILES string of the molecule is CCOC(=O)[C@@H]1[C@H](C(=O)OCC)[C@@](C)(C(=O)OC)N2C(=O)c3ccccc3[C@@]12O. The number of hydrogen-bond acceptors (Lipinski definition) is 8. The molecule has 1 saturated heterocycles. The van der Waals surface area contributed by atoms with Crippen molar-refractivity contribution in [1.29, 1.82) is 0 Å². The summed E-state index contributed by atoms with van der Waals surface area (Å²) < 4.78 is 15.1. The molecule has 9 heteroatoms. The Hall–Kier alpha value is -2.94. The van der Waals surface area contributed by atoms with Crippen molar-refractivity contribution in [2.24, 2.45) is 11.8 Å². The topological polar surface area (TPSA) is 119 Å². The monoisotopic (exact) mass is 405 g/mol. The molecule has 0 radical (unpaired) electrons. The van der Waals surface area contributed by atoms with Crippen LogP contribution in [0.5, 0.6) is 0 Å². The normalized spacial score (nSPS) is 29.8. The van der Waals surface area contributed by atoms with E-state index in [1.807, 2.05) is 0 Å². The van der Waals surface area contributed by atoms with E-state index in [-0.39, 0.29) is 24.3 Å². The van der Waals surface area contributed by atoms with Crippen molar-refractivity contribution < 1.29 is 38.5 Å². The van der Waals surface area contributed by atoms with E-state index in [1.165, 1.54) is 19.1 Å². The lowest BCUT2D eigenvalue weighted by atomic mass is 9.76. The highest BCUT2D eigenvalue weighted by atomic mass is 16.5. The fraction of sp³-hybridized carbons (Fsp3) is 0.500. The van der Waals surface area contributed by atoms with E-state index in [1.54, 1.807) is 26.0 Å². The van der Waals surface area contributed by atoms with E-state index < -0.39 is 46.9 Å². The molecule has 0 aromatic heterocycles. The van der Waals surface area contributed by atoms with E-state index in [0.29, 0.717) is 0 Å². The highest BCUT2D eigenvalue weighted by Crippen LogP contribution is 2.58. The molecule has 2 aliphatic heterocycles. The van der Waals surface area contributed by atoms with E-state index in [9.17, 15) is 24.3 Å². The number of hydrogen-bond donors (Lipinski definition) is 1. The van der Waals surface area contributed by atoms with Crippen LogP contribution in [0.15, 0.2) is 24.3 Å². The van der Waals surface area contributed by atoms with Gasteiger partial charge in [-0.15, -0.1) is 0 Å². The van der Waals surface area contributed by atoms with Crippen molar-refractivity contribution in [2.75, 3.05) is 20.3 Å². The lowest BCUT2D eigenvalue weighted by molar-refractivity contribution is -0.173. The Kier molecular flexibility index (Phi) is 5.12. The van der Waals surface area contributed by atoms with E-state index in [0.717, 1.165) is 12.0 Å². The molecule has 0 aliphatic carbocycles. The Morgan fingerprint density at radius 1 is 1.07 bits per heavy atom. The van der Waals surface area contributed by atoms with Gasteiger partial charge in [0.05, 0.1) is 20.3 Å². The Bertz CT molecular complexity index is 883. The number of esters is 3. The summed E-state index contributed by atoms with van der Waals surface area (Å²) in [5.74, 6) is -6.60. The number of methoxy groups -OCH3 is 1. The molecule has 1 amide bonds. The third-order valence-corrected chi connectivity index (χ3v) is 5.61. The Morgan fingerprint density at radius 3 is 2.17 bits per heavy atom. The molecule has 9 nitrogen and oxygen atoms in total. The Labute approximate surface area is 167 Å². The first-order valence-electron chi connectivity index (χ1n) is 9.29. The van der Waals surface area contributed by atoms with Gasteiger partial charge in [-0.3, -0.25) is 19.3 Å². The first kappa shape index (κ1) is 20.8. The second-order valence-electron chi connectivity index (χ2n) is 7.01. The first-order valence-corrected chi connectivity index (χ1v) is 9.29. The second-order valence-corrected chi connectivity index (χ2v) is 7.01. The van der Waals surface area contributed by atoms with E-state index in [2.05, 4.69) is 0 Å². The maximum Gasteiger partial charge on any atom is 0.332 e. The number of rotatable bonds is 5. The van der Waals surface area contributed by atoms with Crippen LogP contribution in [0.25, 0.3) is 0 Å². The molecule has 4 atom stereocenters. The van der Waals surface area contributed by atoms with Gasteiger partial charge in [0.2, 0.25) is 0 Å². The van der Waals surface area contributed by atoms with Crippen LogP contribution in [0.1, 0.15) is 36.7 Å². The van der Waals surface area contributed by atoms with Gasteiger partial charge in [0, 0.05) is 11.1 Å². The molecule has 0 spiro atoms. The van der Waals surface area contributed by atoms with Crippen LogP contribution in [0.4, 0.5) is 0 Å². The molecule has 1 aromatic rings. The highest BCUT2D eigenvalue weighted by Gasteiger charge is 2.77. The van der Waals surface area contributed by atoms with Crippen LogP contribution in [-0.4, -0.2) is 59.7 Å². The summed E-state index contributed by atoms with van der Waals surface area (Å²) in [4.78, 5) is 52.8. The van der Waals surface area contributed by atoms with E-state index >= 15 is 0 Å². The molecular formula is C20H23NO8. The minimum absolute atomic E-state index is 0.0223. The largest absolute Gasteiger partial charge is 0.467 e. The van der Waals surface area contributed by atoms with Crippen molar-refractivity contribution in [1.82, 2.24) is 4.90 Å². The molecule has 0 bridgehead atoms. The van der Waals surface area contributed by atoms with Crippen LogP contribution >= 0.6 is 0 Å². The lowest BCUT2D eigenvalue weighted by Gasteiger charge is -2.37. The number of benzene rings is 1. The van der Waals surface area contributed by atoms with Gasteiger partial charge in [-0.25, -0.2) is 4.79 Å². The summed E-state index contributed by atoms with van der Waals surface area (Å²) in [5.41, 5.74) is -4.03. The zero-order valence-corrected chi connectivity index (χ0v) is 16.6. The highest BCUT2D eigenvalue weighted by molar-refractivity contribution is 6.07. The molecule has 2 aliphatic rings. The predicted octanol–water partition coefficient (Wildman–Crippen LogP) is 0.591. The van der Waals surface area contributed by atoms with Crippen molar-refractivity contribution in [3.8, 4) is 0 Å². The van der Waals surface area contributed by atoms with Crippen LogP contribution in [0.2, 0.25) is 0 Å². The summed E-state index contributed by atoms with van der Waals surface area (Å²) in [6, 6.07) is 6.14. The fourth-order valence-electron chi connectivity index (χ4n) is 4.51. The summed E-state index contributed by atoms with van der Waals surface area (Å²) in [7, 11) is 1.10. The molecule has 1 aromatic carbocycles. The maximum atomic E-state index is 13.2. The van der Waals surface area contributed by atoms with Crippen molar-refractivity contribution in [2.45, 2.75) is 32.0 Å². The third kappa shape index (κ3) is 2.57. The number of carbonyl (C=O) groups excluding carboxylic acids is 4. The lowest BCUT2D eigenvalue weighted by Crippen LogP contribution is -2.58. The van der Waals surface area contributed by atoms with Gasteiger partial charge in [-0.1, -0.05) is 18.2 Å². The van der Waals surface area contributed by atoms with E-state index in [4.69, 9.17) is 14.2 Å². The zero-order valence-electron chi connectivity index (χ0n) is 16.6. The number of carbonyl (C=O) groups is 4. The van der Waals surface area contributed by atoms with Crippen molar-refractivity contribution in [3.63, 3.8) is 0 Å². The zero-order chi connectivity index (χ0) is 21.6. The molecule has 1 fully saturated rings. The first-order chi connectivity index (χ1) is 13.7. The number of nitrogens with zero attached hydrogens (tertiary/aromatic N) is 1. The molecule has 1 N–H and O–H groups in total. The second kappa shape index (κ2) is 7.14. The molecule has 0 saturated carbocycles. The van der Waals surface area contributed by atoms with Crippen LogP contribution in [-0.2, 0) is 34.3 Å². The van der Waals surface area contributed by atoms with Gasteiger partial charge in [0.15, 0.2) is 11.3 Å². The molecular weight excluding hydrogens is 382 g/mol. The smallest absolute Gasteiger partial charge is 0.332 e. The van der Waals surface area contributed by atoms with Crippen molar-refractivity contribution in [3.05, 3.63) is 35.4 Å². The Morgan fingerprint density at radius 2 is 1.62 bits per heavy atom. The average molecular weight is 405 g/mol. The van der Waals surface area contributed by atoms with Crippen LogP contribution in [0.3, 0.4) is 0 Å². The summed E-state index contributed by atoms with van der Waals surface area (Å²) in [6.07, 6.45) is 0. The molecule has 0 unspecified atom stereocenters. The van der Waals surface area contributed by atoms with Gasteiger partial charge in [0.25, 0.3) is 5.91 Å². The number of amides is 1. The number of aliphatic hydroxyl groups is 1. The van der Waals surface area contributed by atoms with Gasteiger partial charge >= 0.3 is 17.9 Å². The van der Waals surface area contributed by atoms with Gasteiger partial charge in [-0.2, -0.15) is 0 Å². The van der Waals surface area contributed by atoms with Gasteiger partial charge in [-0.05, 0) is 26.8 Å².